The first-order valence-electron chi connectivity index (χ1n) is 3.67. The third-order valence-corrected chi connectivity index (χ3v) is 2.46. The molecule has 0 aromatic carbocycles. The summed E-state index contributed by atoms with van der Waals surface area (Å²) < 4.78 is 0. The second-order valence-electron chi connectivity index (χ2n) is 3.10. The lowest BCUT2D eigenvalue weighted by Gasteiger charge is -2.20. The van der Waals surface area contributed by atoms with Crippen molar-refractivity contribution < 1.29 is 0 Å². The van der Waals surface area contributed by atoms with Crippen LogP contribution in [0.1, 0.15) is 19.3 Å². The van der Waals surface area contributed by atoms with Crippen LogP contribution in [-0.4, -0.2) is 24.5 Å². The highest BCUT2D eigenvalue weighted by molar-refractivity contribution is 4.79. The van der Waals surface area contributed by atoms with Gasteiger partial charge in [0, 0.05) is 6.54 Å². The predicted octanol–water partition coefficient (Wildman–Crippen LogP) is 1.10. The summed E-state index contributed by atoms with van der Waals surface area (Å²) in [6.45, 7) is 4.20. The minimum Gasteiger partial charge on any atom is -0.303 e. The van der Waals surface area contributed by atoms with Gasteiger partial charge < -0.3 is 4.90 Å². The van der Waals surface area contributed by atoms with E-state index in [4.69, 9.17) is 0 Å². The van der Waals surface area contributed by atoms with Crippen molar-refractivity contribution in [3.05, 3.63) is 0 Å². The minimum absolute atomic E-state index is 1.09. The van der Waals surface area contributed by atoms with E-state index in [1.807, 2.05) is 0 Å². The average molecular weight is 111 g/mol. The predicted molar refractivity (Wildman–Crippen MR) is 33.8 cm³/mol. The van der Waals surface area contributed by atoms with Crippen LogP contribution < -0.4 is 0 Å². The van der Waals surface area contributed by atoms with Crippen LogP contribution in [0.4, 0.5) is 0 Å². The Hall–Kier alpha value is -0.0400. The highest BCUT2D eigenvalue weighted by Crippen LogP contribution is 2.25. The molecule has 8 heavy (non-hydrogen) atoms. The maximum Gasteiger partial charge on any atom is 0.00101 e. The van der Waals surface area contributed by atoms with E-state index in [1.165, 1.54) is 38.9 Å². The van der Waals surface area contributed by atoms with Crippen LogP contribution >= 0.6 is 0 Å². The van der Waals surface area contributed by atoms with Gasteiger partial charge in [-0.25, -0.2) is 0 Å². The van der Waals surface area contributed by atoms with Gasteiger partial charge in [0.1, 0.15) is 0 Å². The number of piperidine rings is 1. The van der Waals surface area contributed by atoms with Crippen LogP contribution in [0.2, 0.25) is 0 Å². The SMILES string of the molecule is C1C[C@@H]2CCN(C1)C2. The molecule has 0 N–H and O–H groups in total. The van der Waals surface area contributed by atoms with Gasteiger partial charge in [-0.2, -0.15) is 0 Å². The molecule has 0 amide bonds. The molecular weight excluding hydrogens is 98.1 g/mol. The summed E-state index contributed by atoms with van der Waals surface area (Å²) in [5.74, 6) is 1.09. The van der Waals surface area contributed by atoms with E-state index in [-0.39, 0.29) is 0 Å². The first-order chi connectivity index (χ1) is 3.95. The molecule has 0 aromatic heterocycles. The first-order valence-corrected chi connectivity index (χ1v) is 3.67. The molecule has 1 nitrogen and oxygen atoms in total. The van der Waals surface area contributed by atoms with Crippen LogP contribution in [0.25, 0.3) is 0 Å². The Morgan fingerprint density at radius 1 is 1.12 bits per heavy atom. The molecule has 2 heterocycles. The average Bonchev–Trinajstić information content (AvgIpc) is 2.12. The van der Waals surface area contributed by atoms with Crippen LogP contribution in [0, 0.1) is 5.92 Å². The second-order valence-corrected chi connectivity index (χ2v) is 3.10. The molecule has 0 radical (unpaired) electrons. The van der Waals surface area contributed by atoms with Gasteiger partial charge in [0.25, 0.3) is 0 Å². The highest BCUT2D eigenvalue weighted by atomic mass is 15.1. The molecule has 0 aromatic rings. The molecule has 1 heteroatoms. The van der Waals surface area contributed by atoms with E-state index in [0.29, 0.717) is 0 Å². The maximum atomic E-state index is 2.59. The van der Waals surface area contributed by atoms with E-state index < -0.39 is 0 Å². The molecule has 2 atom stereocenters. The number of fused-ring (bicyclic) bond motifs is 2. The molecule has 2 fully saturated rings. The van der Waals surface area contributed by atoms with Crippen molar-refractivity contribution in [2.75, 3.05) is 19.6 Å². The van der Waals surface area contributed by atoms with Gasteiger partial charge in [-0.1, -0.05) is 0 Å². The maximum absolute atomic E-state index is 2.59. The summed E-state index contributed by atoms with van der Waals surface area (Å²) in [5, 5.41) is 0. The lowest BCUT2D eigenvalue weighted by molar-refractivity contribution is 0.270. The Morgan fingerprint density at radius 2 is 2.12 bits per heavy atom. The van der Waals surface area contributed by atoms with Gasteiger partial charge in [0.15, 0.2) is 0 Å². The topological polar surface area (TPSA) is 3.24 Å². The molecule has 46 valence electrons. The second kappa shape index (κ2) is 1.73. The van der Waals surface area contributed by atoms with E-state index in [9.17, 15) is 0 Å². The molecule has 2 bridgehead atoms. The van der Waals surface area contributed by atoms with Crippen molar-refractivity contribution >= 4 is 0 Å². The highest BCUT2D eigenvalue weighted by Gasteiger charge is 2.25. The number of hydrogen-bond acceptors (Lipinski definition) is 1. The Morgan fingerprint density at radius 3 is 2.88 bits per heavy atom. The number of rotatable bonds is 0. The number of nitrogens with zero attached hydrogens (tertiary/aromatic N) is 1. The summed E-state index contributed by atoms with van der Waals surface area (Å²) in [6.07, 6.45) is 4.46. The molecule has 1 unspecified atom stereocenters. The monoisotopic (exact) mass is 111 g/mol. The quantitative estimate of drug-likeness (QED) is 0.452. The van der Waals surface area contributed by atoms with Crippen molar-refractivity contribution in [1.82, 2.24) is 4.90 Å². The van der Waals surface area contributed by atoms with Gasteiger partial charge in [0.2, 0.25) is 0 Å². The summed E-state index contributed by atoms with van der Waals surface area (Å²) >= 11 is 0. The third kappa shape index (κ3) is 0.655. The molecule has 0 aliphatic carbocycles. The lowest BCUT2D eigenvalue weighted by Crippen LogP contribution is -2.25. The smallest absolute Gasteiger partial charge is 0.00101 e. The Bertz CT molecular complexity index is 76.4. The molecule has 2 aliphatic heterocycles. The third-order valence-electron chi connectivity index (χ3n) is 2.46. The van der Waals surface area contributed by atoms with Crippen molar-refractivity contribution in [3.63, 3.8) is 0 Å². The Kier molecular flexibility index (Phi) is 1.04. The lowest BCUT2D eigenvalue weighted by atomic mass is 10.0. The fourth-order valence-corrected chi connectivity index (χ4v) is 1.96. The largest absolute Gasteiger partial charge is 0.303 e. The standard InChI is InChI=1S/C7H13N/c1-2-7-3-5-8(4-1)6-7/h7H,1-6H2/t7-/m1/s1. The van der Waals surface area contributed by atoms with Gasteiger partial charge in [-0.15, -0.1) is 0 Å². The zero-order chi connectivity index (χ0) is 5.40. The summed E-state index contributed by atoms with van der Waals surface area (Å²) in [4.78, 5) is 2.59. The van der Waals surface area contributed by atoms with Crippen molar-refractivity contribution in [2.24, 2.45) is 5.92 Å². The zero-order valence-electron chi connectivity index (χ0n) is 5.27. The van der Waals surface area contributed by atoms with Crippen LogP contribution in [0.3, 0.4) is 0 Å². The van der Waals surface area contributed by atoms with Crippen molar-refractivity contribution in [3.8, 4) is 0 Å². The number of hydrogen-bond donors (Lipinski definition) is 0. The normalized spacial score (nSPS) is 45.0. The summed E-state index contributed by atoms with van der Waals surface area (Å²) in [5.41, 5.74) is 0. The van der Waals surface area contributed by atoms with Gasteiger partial charge >= 0.3 is 0 Å². The fourth-order valence-electron chi connectivity index (χ4n) is 1.96. The van der Waals surface area contributed by atoms with E-state index >= 15 is 0 Å². The molecule has 2 aliphatic rings. The summed E-state index contributed by atoms with van der Waals surface area (Å²) in [7, 11) is 0. The Balaban J connectivity index is 2.03. The fraction of sp³-hybridized carbons (Fsp3) is 1.00. The van der Waals surface area contributed by atoms with E-state index in [1.54, 1.807) is 0 Å². The van der Waals surface area contributed by atoms with Crippen LogP contribution in [0.5, 0.6) is 0 Å². The Labute approximate surface area is 50.7 Å². The molecule has 2 rings (SSSR count). The van der Waals surface area contributed by atoms with Crippen LogP contribution in [0.15, 0.2) is 0 Å². The molecule has 0 spiro atoms. The molecule has 0 saturated carbocycles. The molecular formula is C7H13N. The van der Waals surface area contributed by atoms with Gasteiger partial charge in [-0.3, -0.25) is 0 Å². The van der Waals surface area contributed by atoms with E-state index in [2.05, 4.69) is 4.90 Å². The van der Waals surface area contributed by atoms with Gasteiger partial charge in [0.05, 0.1) is 0 Å². The summed E-state index contributed by atoms with van der Waals surface area (Å²) in [6, 6.07) is 0. The van der Waals surface area contributed by atoms with E-state index in [0.717, 1.165) is 5.92 Å². The van der Waals surface area contributed by atoms with Crippen molar-refractivity contribution in [1.29, 1.82) is 0 Å². The van der Waals surface area contributed by atoms with Gasteiger partial charge in [-0.05, 0) is 38.3 Å². The minimum atomic E-state index is 1.09. The molecule has 2 saturated heterocycles. The van der Waals surface area contributed by atoms with Crippen LogP contribution in [-0.2, 0) is 0 Å². The van der Waals surface area contributed by atoms with Crippen molar-refractivity contribution in [2.45, 2.75) is 19.3 Å². The zero-order valence-corrected chi connectivity index (χ0v) is 5.27. The first kappa shape index (κ1) is 4.80.